The number of hydrogen-bond donors (Lipinski definition) is 0. The third-order valence-corrected chi connectivity index (χ3v) is 2.92. The molecule has 4 nitrogen and oxygen atoms in total. The van der Waals surface area contributed by atoms with Crippen LogP contribution >= 0.6 is 0 Å². The normalized spacial score (nSPS) is 15.2. The van der Waals surface area contributed by atoms with Crippen LogP contribution in [0.5, 0.6) is 0 Å². The van der Waals surface area contributed by atoms with Crippen LogP contribution in [-0.2, 0) is 4.74 Å². The van der Waals surface area contributed by atoms with Gasteiger partial charge in [0.05, 0.1) is 17.9 Å². The highest BCUT2D eigenvalue weighted by molar-refractivity contribution is 5.76. The van der Waals surface area contributed by atoms with E-state index in [2.05, 4.69) is 4.98 Å². The van der Waals surface area contributed by atoms with E-state index in [1.165, 1.54) is 6.07 Å². The fraction of sp³-hybridized carbons (Fsp3) is 0.467. The summed E-state index contributed by atoms with van der Waals surface area (Å²) in [5, 5.41) is 0. The lowest BCUT2D eigenvalue weighted by molar-refractivity contribution is 0.0306. The van der Waals surface area contributed by atoms with Crippen molar-refractivity contribution in [3.05, 3.63) is 35.4 Å². The van der Waals surface area contributed by atoms with Gasteiger partial charge in [-0.3, -0.25) is 4.98 Å². The van der Waals surface area contributed by atoms with Gasteiger partial charge in [-0.05, 0) is 45.4 Å². The molecule has 1 aliphatic heterocycles. The highest BCUT2D eigenvalue weighted by atomic mass is 19.1. The van der Waals surface area contributed by atoms with Gasteiger partial charge < -0.3 is 9.64 Å². The molecule has 5 heteroatoms. The summed E-state index contributed by atoms with van der Waals surface area (Å²) < 4.78 is 18.5. The van der Waals surface area contributed by atoms with E-state index < -0.39 is 5.60 Å². The first-order valence-electron chi connectivity index (χ1n) is 6.57. The Morgan fingerprint density at radius 2 is 2.10 bits per heavy atom. The standard InChI is InChI=1S/C15H19FN2O2/c1-10-12(16)5-6-13(17-10)11-7-8-18(9-11)14(19)20-15(2,3)4/h5-7H,8-9H2,1-4H3. The zero-order valence-corrected chi connectivity index (χ0v) is 12.2. The van der Waals surface area contributed by atoms with Gasteiger partial charge in [-0.15, -0.1) is 0 Å². The summed E-state index contributed by atoms with van der Waals surface area (Å²) in [5.74, 6) is -0.323. The molecule has 0 aromatic carbocycles. The third-order valence-electron chi connectivity index (χ3n) is 2.92. The molecule has 2 rings (SSSR count). The van der Waals surface area contributed by atoms with Crippen LogP contribution in [0.1, 0.15) is 32.2 Å². The summed E-state index contributed by atoms with van der Waals surface area (Å²) in [6, 6.07) is 3.03. The second-order valence-corrected chi connectivity index (χ2v) is 5.85. The van der Waals surface area contributed by atoms with Crippen molar-refractivity contribution in [3.63, 3.8) is 0 Å². The molecule has 0 bridgehead atoms. The minimum atomic E-state index is -0.509. The highest BCUT2D eigenvalue weighted by Gasteiger charge is 2.26. The molecule has 1 aromatic heterocycles. The van der Waals surface area contributed by atoms with E-state index in [1.54, 1.807) is 17.9 Å². The van der Waals surface area contributed by atoms with E-state index in [1.807, 2.05) is 26.8 Å². The average molecular weight is 278 g/mol. The number of aryl methyl sites for hydroxylation is 1. The van der Waals surface area contributed by atoms with Crippen LogP contribution in [0.4, 0.5) is 9.18 Å². The first-order valence-corrected chi connectivity index (χ1v) is 6.57. The number of amides is 1. The summed E-state index contributed by atoms with van der Waals surface area (Å²) in [5.41, 5.74) is 1.47. The van der Waals surface area contributed by atoms with Crippen molar-refractivity contribution < 1.29 is 13.9 Å². The predicted molar refractivity (Wildman–Crippen MR) is 74.7 cm³/mol. The lowest BCUT2D eigenvalue weighted by Crippen LogP contribution is -2.35. The lowest BCUT2D eigenvalue weighted by atomic mass is 10.1. The monoisotopic (exact) mass is 278 g/mol. The van der Waals surface area contributed by atoms with Gasteiger partial charge in [-0.25, -0.2) is 9.18 Å². The van der Waals surface area contributed by atoms with Crippen molar-refractivity contribution in [2.75, 3.05) is 13.1 Å². The Bertz CT molecular complexity index is 561. The van der Waals surface area contributed by atoms with Gasteiger partial charge in [0.1, 0.15) is 11.4 Å². The van der Waals surface area contributed by atoms with Crippen molar-refractivity contribution in [1.29, 1.82) is 0 Å². The molecule has 108 valence electrons. The van der Waals surface area contributed by atoms with Gasteiger partial charge in [-0.1, -0.05) is 6.08 Å². The summed E-state index contributed by atoms with van der Waals surface area (Å²) >= 11 is 0. The molecule has 1 amide bonds. The minimum absolute atomic E-state index is 0.323. The highest BCUT2D eigenvalue weighted by Crippen LogP contribution is 2.22. The molecule has 1 aliphatic rings. The van der Waals surface area contributed by atoms with Crippen LogP contribution in [0.15, 0.2) is 18.2 Å². The first kappa shape index (κ1) is 14.5. The molecule has 1 aromatic rings. The van der Waals surface area contributed by atoms with Crippen LogP contribution in [0.2, 0.25) is 0 Å². The van der Waals surface area contributed by atoms with Crippen LogP contribution in [0.25, 0.3) is 5.57 Å². The van der Waals surface area contributed by atoms with Gasteiger partial charge >= 0.3 is 6.09 Å². The summed E-state index contributed by atoms with van der Waals surface area (Å²) in [6.45, 7) is 8.05. The smallest absolute Gasteiger partial charge is 0.410 e. The van der Waals surface area contributed by atoms with Crippen molar-refractivity contribution >= 4 is 11.7 Å². The molecular formula is C15H19FN2O2. The molecule has 20 heavy (non-hydrogen) atoms. The molecule has 0 unspecified atom stereocenters. The minimum Gasteiger partial charge on any atom is -0.444 e. The van der Waals surface area contributed by atoms with Gasteiger partial charge in [0.15, 0.2) is 0 Å². The number of ether oxygens (including phenoxy) is 1. The van der Waals surface area contributed by atoms with Crippen molar-refractivity contribution in [3.8, 4) is 0 Å². The fourth-order valence-electron chi connectivity index (χ4n) is 1.93. The lowest BCUT2D eigenvalue weighted by Gasteiger charge is -2.24. The maximum atomic E-state index is 13.2. The Kier molecular flexibility index (Phi) is 3.79. The van der Waals surface area contributed by atoms with Crippen LogP contribution in [0, 0.1) is 12.7 Å². The quantitative estimate of drug-likeness (QED) is 0.792. The van der Waals surface area contributed by atoms with E-state index in [0.29, 0.717) is 24.5 Å². The van der Waals surface area contributed by atoms with Crippen molar-refractivity contribution in [2.45, 2.75) is 33.3 Å². The number of aromatic nitrogens is 1. The predicted octanol–water partition coefficient (Wildman–Crippen LogP) is 3.16. The number of pyridine rings is 1. The molecule has 0 fully saturated rings. The topological polar surface area (TPSA) is 42.4 Å². The Hall–Kier alpha value is -1.91. The maximum Gasteiger partial charge on any atom is 0.410 e. The zero-order valence-electron chi connectivity index (χ0n) is 12.2. The van der Waals surface area contributed by atoms with E-state index in [-0.39, 0.29) is 11.9 Å². The van der Waals surface area contributed by atoms with E-state index in [0.717, 1.165) is 5.57 Å². The zero-order chi connectivity index (χ0) is 14.9. The number of carbonyl (C=O) groups excluding carboxylic acids is 1. The SMILES string of the molecule is Cc1nc(C2=CCN(C(=O)OC(C)(C)C)C2)ccc1F. The fourth-order valence-corrected chi connectivity index (χ4v) is 1.93. The van der Waals surface area contributed by atoms with Crippen LogP contribution in [-0.4, -0.2) is 34.7 Å². The Morgan fingerprint density at radius 3 is 2.70 bits per heavy atom. The first-order chi connectivity index (χ1) is 9.26. The largest absolute Gasteiger partial charge is 0.444 e. The number of halogens is 1. The average Bonchev–Trinajstić information content (AvgIpc) is 2.80. The van der Waals surface area contributed by atoms with Crippen LogP contribution in [0.3, 0.4) is 0 Å². The van der Waals surface area contributed by atoms with Gasteiger partial charge in [0.2, 0.25) is 0 Å². The molecule has 0 spiro atoms. The Balaban J connectivity index is 2.04. The summed E-state index contributed by atoms with van der Waals surface area (Å²) in [6.07, 6.45) is 1.58. The van der Waals surface area contributed by atoms with Crippen molar-refractivity contribution in [2.24, 2.45) is 0 Å². The van der Waals surface area contributed by atoms with Crippen molar-refractivity contribution in [1.82, 2.24) is 9.88 Å². The van der Waals surface area contributed by atoms with E-state index in [4.69, 9.17) is 4.74 Å². The molecular weight excluding hydrogens is 259 g/mol. The molecule has 0 N–H and O–H groups in total. The maximum absolute atomic E-state index is 13.2. The number of nitrogens with zero attached hydrogens (tertiary/aromatic N) is 2. The molecule has 0 saturated heterocycles. The molecule has 2 heterocycles. The second-order valence-electron chi connectivity index (χ2n) is 5.85. The van der Waals surface area contributed by atoms with Crippen LogP contribution < -0.4 is 0 Å². The summed E-state index contributed by atoms with van der Waals surface area (Å²) in [7, 11) is 0. The summed E-state index contributed by atoms with van der Waals surface area (Å²) in [4.78, 5) is 17.7. The second kappa shape index (κ2) is 5.23. The van der Waals surface area contributed by atoms with Gasteiger partial charge in [0, 0.05) is 6.54 Å². The number of carbonyl (C=O) groups is 1. The van der Waals surface area contributed by atoms with Gasteiger partial charge in [0.25, 0.3) is 0 Å². The number of hydrogen-bond acceptors (Lipinski definition) is 3. The van der Waals surface area contributed by atoms with E-state index >= 15 is 0 Å². The number of rotatable bonds is 1. The molecule has 0 saturated carbocycles. The molecule has 0 radical (unpaired) electrons. The third kappa shape index (κ3) is 3.35. The van der Waals surface area contributed by atoms with Gasteiger partial charge in [-0.2, -0.15) is 0 Å². The Labute approximate surface area is 118 Å². The van der Waals surface area contributed by atoms with E-state index in [9.17, 15) is 9.18 Å². The molecule has 0 atom stereocenters. The Morgan fingerprint density at radius 1 is 1.40 bits per heavy atom. The molecule has 0 aliphatic carbocycles.